The van der Waals surface area contributed by atoms with Crippen LogP contribution in [0.4, 0.5) is 0 Å². The maximum absolute atomic E-state index is 12.7. The maximum Gasteiger partial charge on any atom is 0.255 e. The summed E-state index contributed by atoms with van der Waals surface area (Å²) in [5.41, 5.74) is 1.40. The fourth-order valence-corrected chi connectivity index (χ4v) is 4.35. The van der Waals surface area contributed by atoms with Gasteiger partial charge in [0.05, 0.1) is 5.56 Å². The van der Waals surface area contributed by atoms with Crippen molar-refractivity contribution in [2.75, 3.05) is 20.1 Å². The molecule has 6 nitrogen and oxygen atoms in total. The van der Waals surface area contributed by atoms with E-state index in [9.17, 15) is 9.59 Å². The lowest BCUT2D eigenvalue weighted by Crippen LogP contribution is -2.52. The fraction of sp³-hybridized carbons (Fsp3) is 0.409. The van der Waals surface area contributed by atoms with E-state index in [1.807, 2.05) is 23.1 Å². The molecule has 2 aliphatic heterocycles. The van der Waals surface area contributed by atoms with Crippen LogP contribution in [-0.4, -0.2) is 47.4 Å². The second-order valence-electron chi connectivity index (χ2n) is 7.64. The third-order valence-electron chi connectivity index (χ3n) is 5.88. The molecule has 1 saturated heterocycles. The highest BCUT2D eigenvalue weighted by molar-refractivity contribution is 5.93. The molecular weight excluding hydrogens is 354 g/mol. The number of aromatic nitrogens is 1. The molecule has 0 aliphatic carbocycles. The van der Waals surface area contributed by atoms with E-state index in [0.717, 1.165) is 30.6 Å². The summed E-state index contributed by atoms with van der Waals surface area (Å²) in [4.78, 5) is 30.7. The highest BCUT2D eigenvalue weighted by Crippen LogP contribution is 2.46. The SMILES string of the molecule is CNC(=O)C[C@@H]1CC2(CCN(C(=O)c3cccnc3)CC2)Oc2ccccc21. The monoisotopic (exact) mass is 379 g/mol. The van der Waals surface area contributed by atoms with Crippen molar-refractivity contribution < 1.29 is 14.3 Å². The number of carbonyl (C=O) groups excluding carboxylic acids is 2. The number of carbonyl (C=O) groups is 2. The Kier molecular flexibility index (Phi) is 5.03. The molecule has 1 N–H and O–H groups in total. The molecular formula is C22H25N3O3. The number of amides is 2. The smallest absolute Gasteiger partial charge is 0.255 e. The molecule has 1 atom stereocenters. The van der Waals surface area contributed by atoms with Crippen LogP contribution in [0.15, 0.2) is 48.8 Å². The van der Waals surface area contributed by atoms with Crippen LogP contribution in [0.1, 0.15) is 47.5 Å². The Morgan fingerprint density at radius 2 is 2.00 bits per heavy atom. The van der Waals surface area contributed by atoms with Crippen LogP contribution in [0.2, 0.25) is 0 Å². The van der Waals surface area contributed by atoms with Gasteiger partial charge in [0.2, 0.25) is 5.91 Å². The van der Waals surface area contributed by atoms with Crippen LogP contribution in [0.25, 0.3) is 0 Å². The Hall–Kier alpha value is -2.89. The molecule has 1 aromatic heterocycles. The zero-order valence-corrected chi connectivity index (χ0v) is 16.1. The number of rotatable bonds is 3. The number of fused-ring (bicyclic) bond motifs is 1. The van der Waals surface area contributed by atoms with Crippen molar-refractivity contribution >= 4 is 11.8 Å². The van der Waals surface area contributed by atoms with E-state index >= 15 is 0 Å². The quantitative estimate of drug-likeness (QED) is 0.890. The van der Waals surface area contributed by atoms with Gasteiger partial charge < -0.3 is 15.0 Å². The minimum atomic E-state index is -0.321. The van der Waals surface area contributed by atoms with Crippen LogP contribution >= 0.6 is 0 Å². The second kappa shape index (κ2) is 7.62. The number of pyridine rings is 1. The molecule has 1 fully saturated rings. The Bertz CT molecular complexity index is 860. The number of hydrogen-bond acceptors (Lipinski definition) is 4. The van der Waals surface area contributed by atoms with Gasteiger partial charge in [0, 0.05) is 57.7 Å². The number of likely N-dealkylation sites (tertiary alicyclic amines) is 1. The number of ether oxygens (including phenoxy) is 1. The van der Waals surface area contributed by atoms with Gasteiger partial charge in [0.1, 0.15) is 11.4 Å². The summed E-state index contributed by atoms with van der Waals surface area (Å²) in [5, 5.41) is 2.74. The number of nitrogens with zero attached hydrogens (tertiary/aromatic N) is 2. The van der Waals surface area contributed by atoms with Crippen LogP contribution < -0.4 is 10.1 Å². The summed E-state index contributed by atoms with van der Waals surface area (Å²) in [6.07, 6.45) is 6.06. The van der Waals surface area contributed by atoms with Gasteiger partial charge in [-0.1, -0.05) is 18.2 Å². The van der Waals surface area contributed by atoms with E-state index in [4.69, 9.17) is 4.74 Å². The summed E-state index contributed by atoms with van der Waals surface area (Å²) in [6, 6.07) is 11.6. The lowest BCUT2D eigenvalue weighted by Gasteiger charge is -2.47. The molecule has 28 heavy (non-hydrogen) atoms. The molecule has 1 spiro atoms. The van der Waals surface area contributed by atoms with Crippen LogP contribution in [0, 0.1) is 0 Å². The van der Waals surface area contributed by atoms with Crippen LogP contribution in [0.5, 0.6) is 5.75 Å². The number of hydrogen-bond donors (Lipinski definition) is 1. The first-order valence-electron chi connectivity index (χ1n) is 9.78. The third kappa shape index (κ3) is 3.59. The van der Waals surface area contributed by atoms with Gasteiger partial charge in [-0.3, -0.25) is 14.6 Å². The lowest BCUT2D eigenvalue weighted by molar-refractivity contribution is -0.121. The Balaban J connectivity index is 1.50. The van der Waals surface area contributed by atoms with Gasteiger partial charge in [0.15, 0.2) is 0 Å². The molecule has 2 amide bonds. The fourth-order valence-electron chi connectivity index (χ4n) is 4.35. The minimum absolute atomic E-state index is 0.0149. The number of benzene rings is 1. The van der Waals surface area contributed by atoms with E-state index in [-0.39, 0.29) is 23.3 Å². The van der Waals surface area contributed by atoms with Crippen LogP contribution in [0.3, 0.4) is 0 Å². The molecule has 4 rings (SSSR count). The first kappa shape index (κ1) is 18.5. The highest BCUT2D eigenvalue weighted by Gasteiger charge is 2.44. The van der Waals surface area contributed by atoms with E-state index in [0.29, 0.717) is 25.1 Å². The molecule has 3 heterocycles. The second-order valence-corrected chi connectivity index (χ2v) is 7.64. The number of nitrogens with one attached hydrogen (secondary N) is 1. The summed E-state index contributed by atoms with van der Waals surface area (Å²) in [6.45, 7) is 1.28. The summed E-state index contributed by atoms with van der Waals surface area (Å²) >= 11 is 0. The summed E-state index contributed by atoms with van der Waals surface area (Å²) in [5.74, 6) is 1.06. The summed E-state index contributed by atoms with van der Waals surface area (Å²) < 4.78 is 6.46. The molecule has 1 aromatic carbocycles. The molecule has 0 unspecified atom stereocenters. The lowest BCUT2D eigenvalue weighted by atomic mass is 9.76. The first-order valence-corrected chi connectivity index (χ1v) is 9.78. The van der Waals surface area contributed by atoms with E-state index < -0.39 is 0 Å². The van der Waals surface area contributed by atoms with Crippen molar-refractivity contribution in [2.24, 2.45) is 0 Å². The van der Waals surface area contributed by atoms with Gasteiger partial charge in [0.25, 0.3) is 5.91 Å². The van der Waals surface area contributed by atoms with Crippen molar-refractivity contribution in [3.63, 3.8) is 0 Å². The molecule has 2 aliphatic rings. The highest BCUT2D eigenvalue weighted by atomic mass is 16.5. The summed E-state index contributed by atoms with van der Waals surface area (Å²) in [7, 11) is 1.67. The Morgan fingerprint density at radius 1 is 1.21 bits per heavy atom. The molecule has 0 bridgehead atoms. The predicted octanol–water partition coefficient (Wildman–Crippen LogP) is 2.76. The molecule has 0 radical (unpaired) electrons. The van der Waals surface area contributed by atoms with E-state index in [2.05, 4.69) is 16.4 Å². The molecule has 0 saturated carbocycles. The van der Waals surface area contributed by atoms with Crippen LogP contribution in [-0.2, 0) is 4.79 Å². The van der Waals surface area contributed by atoms with Gasteiger partial charge >= 0.3 is 0 Å². The van der Waals surface area contributed by atoms with Gasteiger partial charge in [-0.25, -0.2) is 0 Å². The first-order chi connectivity index (χ1) is 13.6. The zero-order valence-electron chi connectivity index (χ0n) is 16.1. The maximum atomic E-state index is 12.7. The standard InChI is InChI=1S/C22H25N3O3/c1-23-20(26)13-17-14-22(28-19-7-3-2-6-18(17)19)8-11-25(12-9-22)21(27)16-5-4-10-24-15-16/h2-7,10,15,17H,8-9,11-14H2,1H3,(H,23,26)/t17-/m1/s1. The minimum Gasteiger partial charge on any atom is -0.487 e. The average Bonchev–Trinajstić information content (AvgIpc) is 2.74. The number of piperidine rings is 1. The van der Waals surface area contributed by atoms with E-state index in [1.54, 1.807) is 31.6 Å². The normalized spacial score (nSPS) is 20.2. The van der Waals surface area contributed by atoms with Crippen molar-refractivity contribution in [3.05, 3.63) is 59.9 Å². The third-order valence-corrected chi connectivity index (χ3v) is 5.88. The molecule has 2 aromatic rings. The average molecular weight is 379 g/mol. The van der Waals surface area contributed by atoms with Crippen molar-refractivity contribution in [1.82, 2.24) is 15.2 Å². The Morgan fingerprint density at radius 3 is 2.71 bits per heavy atom. The molecule has 6 heteroatoms. The van der Waals surface area contributed by atoms with Gasteiger partial charge in [-0.05, 0) is 30.2 Å². The zero-order chi connectivity index (χ0) is 19.6. The van der Waals surface area contributed by atoms with Gasteiger partial charge in [-0.15, -0.1) is 0 Å². The largest absolute Gasteiger partial charge is 0.487 e. The van der Waals surface area contributed by atoms with Crippen molar-refractivity contribution in [2.45, 2.75) is 37.2 Å². The van der Waals surface area contributed by atoms with Crippen molar-refractivity contribution in [3.8, 4) is 5.75 Å². The number of para-hydroxylation sites is 1. The topological polar surface area (TPSA) is 71.5 Å². The Labute approximate surface area is 164 Å². The van der Waals surface area contributed by atoms with Gasteiger partial charge in [-0.2, -0.15) is 0 Å². The predicted molar refractivity (Wildman–Crippen MR) is 105 cm³/mol. The van der Waals surface area contributed by atoms with Crippen molar-refractivity contribution in [1.29, 1.82) is 0 Å². The van der Waals surface area contributed by atoms with E-state index in [1.165, 1.54) is 0 Å². The molecule has 146 valence electrons.